The first-order valence-electron chi connectivity index (χ1n) is 7.31. The Hall–Kier alpha value is -2.70. The molecule has 3 rings (SSSR count). The Labute approximate surface area is 127 Å². The molecule has 0 fully saturated rings. The Morgan fingerprint density at radius 1 is 1.41 bits per heavy atom. The first kappa shape index (κ1) is 14.2. The van der Waals surface area contributed by atoms with Gasteiger partial charge in [-0.25, -0.2) is 0 Å². The van der Waals surface area contributed by atoms with Crippen molar-refractivity contribution in [2.75, 3.05) is 0 Å². The summed E-state index contributed by atoms with van der Waals surface area (Å²) in [5, 5.41) is 16.2. The number of para-hydroxylation sites is 1. The van der Waals surface area contributed by atoms with Crippen LogP contribution in [0.25, 0.3) is 22.3 Å². The van der Waals surface area contributed by atoms with E-state index in [4.69, 9.17) is 0 Å². The third kappa shape index (κ3) is 2.83. The van der Waals surface area contributed by atoms with Crippen LogP contribution < -0.4 is 5.32 Å². The van der Waals surface area contributed by atoms with Gasteiger partial charge in [0.1, 0.15) is 6.54 Å². The molecule has 22 heavy (non-hydrogen) atoms. The van der Waals surface area contributed by atoms with Gasteiger partial charge in [-0.2, -0.15) is 4.80 Å². The summed E-state index contributed by atoms with van der Waals surface area (Å²) in [4.78, 5) is 16.3. The molecule has 0 aliphatic heterocycles. The fraction of sp³-hybridized carbons (Fsp3) is 0.333. The smallest absolute Gasteiger partial charge is 0.243 e. The fourth-order valence-electron chi connectivity index (χ4n) is 2.23. The van der Waals surface area contributed by atoms with Crippen molar-refractivity contribution < 1.29 is 4.79 Å². The van der Waals surface area contributed by atoms with E-state index in [1.807, 2.05) is 44.3 Å². The molecule has 0 radical (unpaired) electrons. The zero-order valence-corrected chi connectivity index (χ0v) is 12.6. The average molecular weight is 298 g/mol. The summed E-state index contributed by atoms with van der Waals surface area (Å²) >= 11 is 0. The van der Waals surface area contributed by atoms with E-state index in [9.17, 15) is 4.79 Å². The zero-order valence-electron chi connectivity index (χ0n) is 12.6. The highest BCUT2D eigenvalue weighted by molar-refractivity contribution is 5.93. The van der Waals surface area contributed by atoms with Gasteiger partial charge in [-0.15, -0.1) is 10.2 Å². The maximum atomic E-state index is 11.8. The lowest BCUT2D eigenvalue weighted by atomic mass is 10.2. The highest BCUT2D eigenvalue weighted by Crippen LogP contribution is 2.24. The number of nitrogens with one attached hydrogen (secondary N) is 2. The molecule has 2 N–H and O–H groups in total. The van der Waals surface area contributed by atoms with Gasteiger partial charge >= 0.3 is 0 Å². The van der Waals surface area contributed by atoms with E-state index in [0.29, 0.717) is 5.82 Å². The minimum atomic E-state index is -0.114. The lowest BCUT2D eigenvalue weighted by Crippen LogP contribution is -2.35. The van der Waals surface area contributed by atoms with Gasteiger partial charge in [0.2, 0.25) is 11.7 Å². The van der Waals surface area contributed by atoms with Crippen molar-refractivity contribution in [1.29, 1.82) is 0 Å². The topological polar surface area (TPSA) is 88.5 Å². The molecule has 0 saturated carbocycles. The second-order valence-corrected chi connectivity index (χ2v) is 5.27. The summed E-state index contributed by atoms with van der Waals surface area (Å²) in [5.74, 6) is 0.394. The largest absolute Gasteiger partial charge is 0.360 e. The van der Waals surface area contributed by atoms with Gasteiger partial charge in [0.05, 0.1) is 0 Å². The Morgan fingerprint density at radius 3 is 3.05 bits per heavy atom. The van der Waals surface area contributed by atoms with Gasteiger partial charge in [0.25, 0.3) is 0 Å². The number of carbonyl (C=O) groups excluding carboxylic acids is 1. The summed E-state index contributed by atoms with van der Waals surface area (Å²) in [6.07, 6.45) is 2.74. The van der Waals surface area contributed by atoms with Crippen LogP contribution in [-0.4, -0.2) is 37.1 Å². The molecule has 2 heterocycles. The van der Waals surface area contributed by atoms with E-state index < -0.39 is 0 Å². The predicted molar refractivity (Wildman–Crippen MR) is 83.0 cm³/mol. The number of fused-ring (bicyclic) bond motifs is 1. The molecular formula is C15H18N6O. The molecule has 0 aliphatic carbocycles. The van der Waals surface area contributed by atoms with E-state index in [-0.39, 0.29) is 18.5 Å². The van der Waals surface area contributed by atoms with Gasteiger partial charge in [0.15, 0.2) is 0 Å². The molecule has 1 atom stereocenters. The standard InChI is InChI=1S/C15H18N6O/c1-3-10(2)17-14(22)9-21-19-15(18-20-21)12-8-16-13-7-5-4-6-11(12)13/h4-8,10,16H,3,9H2,1-2H3,(H,17,22)/t10-/m1/s1. The second-order valence-electron chi connectivity index (χ2n) is 5.27. The fourth-order valence-corrected chi connectivity index (χ4v) is 2.23. The van der Waals surface area contributed by atoms with Gasteiger partial charge in [-0.1, -0.05) is 25.1 Å². The number of tetrazole rings is 1. The highest BCUT2D eigenvalue weighted by Gasteiger charge is 2.13. The minimum absolute atomic E-state index is 0.0691. The van der Waals surface area contributed by atoms with E-state index in [2.05, 4.69) is 25.7 Å². The van der Waals surface area contributed by atoms with Crippen molar-refractivity contribution in [2.45, 2.75) is 32.9 Å². The predicted octanol–water partition coefficient (Wildman–Crippen LogP) is 1.74. The lowest BCUT2D eigenvalue weighted by molar-refractivity contribution is -0.122. The molecular weight excluding hydrogens is 280 g/mol. The van der Waals surface area contributed by atoms with Crippen LogP contribution in [0, 0.1) is 0 Å². The molecule has 7 nitrogen and oxygen atoms in total. The molecule has 1 aromatic carbocycles. The highest BCUT2D eigenvalue weighted by atomic mass is 16.2. The molecule has 0 aliphatic rings. The zero-order chi connectivity index (χ0) is 15.5. The SMILES string of the molecule is CC[C@@H](C)NC(=O)Cn1nnc(-c2c[nH]c3ccccc23)n1. The quantitative estimate of drug-likeness (QED) is 0.751. The van der Waals surface area contributed by atoms with Crippen LogP contribution in [-0.2, 0) is 11.3 Å². The third-order valence-corrected chi connectivity index (χ3v) is 3.59. The summed E-state index contributed by atoms with van der Waals surface area (Å²) in [6, 6.07) is 8.06. The maximum Gasteiger partial charge on any atom is 0.243 e. The molecule has 2 aromatic heterocycles. The Kier molecular flexibility index (Phi) is 3.86. The van der Waals surface area contributed by atoms with Gasteiger partial charge in [-0.05, 0) is 24.6 Å². The Morgan fingerprint density at radius 2 is 2.23 bits per heavy atom. The van der Waals surface area contributed by atoms with Gasteiger partial charge in [0, 0.05) is 28.7 Å². The second kappa shape index (κ2) is 5.97. The van der Waals surface area contributed by atoms with Crippen LogP contribution in [0.4, 0.5) is 0 Å². The third-order valence-electron chi connectivity index (χ3n) is 3.59. The molecule has 114 valence electrons. The molecule has 7 heteroatoms. The van der Waals surface area contributed by atoms with Crippen molar-refractivity contribution in [3.63, 3.8) is 0 Å². The Bertz CT molecular complexity index is 790. The number of aromatic nitrogens is 5. The van der Waals surface area contributed by atoms with Gasteiger partial charge < -0.3 is 10.3 Å². The first-order valence-corrected chi connectivity index (χ1v) is 7.31. The summed E-state index contributed by atoms with van der Waals surface area (Å²) in [7, 11) is 0. The van der Waals surface area contributed by atoms with Crippen molar-refractivity contribution >= 4 is 16.8 Å². The van der Waals surface area contributed by atoms with Crippen LogP contribution in [0.1, 0.15) is 20.3 Å². The number of benzene rings is 1. The van der Waals surface area contributed by atoms with Crippen LogP contribution in [0.2, 0.25) is 0 Å². The van der Waals surface area contributed by atoms with Crippen molar-refractivity contribution in [2.24, 2.45) is 0 Å². The number of hydrogen-bond acceptors (Lipinski definition) is 4. The lowest BCUT2D eigenvalue weighted by Gasteiger charge is -2.10. The maximum absolute atomic E-state index is 11.8. The van der Waals surface area contributed by atoms with Crippen LogP contribution in [0.3, 0.4) is 0 Å². The molecule has 0 bridgehead atoms. The monoisotopic (exact) mass is 298 g/mol. The number of amides is 1. The van der Waals surface area contributed by atoms with Crippen molar-refractivity contribution in [1.82, 2.24) is 30.5 Å². The minimum Gasteiger partial charge on any atom is -0.360 e. The molecule has 0 saturated heterocycles. The van der Waals surface area contributed by atoms with Crippen LogP contribution in [0.5, 0.6) is 0 Å². The van der Waals surface area contributed by atoms with Crippen molar-refractivity contribution in [3.05, 3.63) is 30.5 Å². The van der Waals surface area contributed by atoms with Crippen molar-refractivity contribution in [3.8, 4) is 11.4 Å². The average Bonchev–Trinajstić information content (AvgIpc) is 3.13. The number of rotatable bonds is 5. The molecule has 1 amide bonds. The summed E-state index contributed by atoms with van der Waals surface area (Å²) in [6.45, 7) is 4.05. The van der Waals surface area contributed by atoms with E-state index in [0.717, 1.165) is 22.9 Å². The van der Waals surface area contributed by atoms with E-state index >= 15 is 0 Å². The normalized spacial score (nSPS) is 12.5. The number of carbonyl (C=O) groups is 1. The number of H-pyrrole nitrogens is 1. The number of nitrogens with zero attached hydrogens (tertiary/aromatic N) is 4. The molecule has 0 spiro atoms. The first-order chi connectivity index (χ1) is 10.7. The number of aromatic amines is 1. The Balaban J connectivity index is 1.78. The van der Waals surface area contributed by atoms with Crippen LogP contribution >= 0.6 is 0 Å². The molecule has 3 aromatic rings. The van der Waals surface area contributed by atoms with Crippen LogP contribution in [0.15, 0.2) is 30.5 Å². The summed E-state index contributed by atoms with van der Waals surface area (Å²) < 4.78 is 0. The molecule has 0 unspecified atom stereocenters. The summed E-state index contributed by atoms with van der Waals surface area (Å²) in [5.41, 5.74) is 1.90. The van der Waals surface area contributed by atoms with E-state index in [1.165, 1.54) is 4.80 Å². The van der Waals surface area contributed by atoms with E-state index in [1.54, 1.807) is 0 Å². The number of hydrogen-bond donors (Lipinski definition) is 2. The van der Waals surface area contributed by atoms with Gasteiger partial charge in [-0.3, -0.25) is 4.79 Å².